The summed E-state index contributed by atoms with van der Waals surface area (Å²) < 4.78 is 0.130. The minimum Gasteiger partial charge on any atom is -0.0721 e. The van der Waals surface area contributed by atoms with Crippen LogP contribution >= 0.6 is 31.9 Å². The summed E-state index contributed by atoms with van der Waals surface area (Å²) in [5.74, 6) is 0. The molecule has 2 heteroatoms. The van der Waals surface area contributed by atoms with Crippen LogP contribution in [0, 0.1) is 5.41 Å². The van der Waals surface area contributed by atoms with Crippen molar-refractivity contribution in [1.29, 1.82) is 0 Å². The molecule has 0 spiro atoms. The summed E-state index contributed by atoms with van der Waals surface area (Å²) in [5, 5.41) is 0. The van der Waals surface area contributed by atoms with Crippen LogP contribution in [0.5, 0.6) is 0 Å². The number of halogens is 2. The number of hydrogen-bond donors (Lipinski definition) is 0. The highest BCUT2D eigenvalue weighted by Gasteiger charge is 2.42. The Morgan fingerprint density at radius 1 is 0.750 bits per heavy atom. The van der Waals surface area contributed by atoms with Crippen molar-refractivity contribution in [2.45, 2.75) is 56.6 Å². The molecule has 0 amide bonds. The lowest BCUT2D eigenvalue weighted by Crippen LogP contribution is -2.36. The summed E-state index contributed by atoms with van der Waals surface area (Å²) in [6, 6.07) is 0. The zero-order valence-corrected chi connectivity index (χ0v) is 11.8. The van der Waals surface area contributed by atoms with E-state index in [9.17, 15) is 0 Å². The third kappa shape index (κ3) is 2.25. The van der Waals surface area contributed by atoms with Crippen molar-refractivity contribution < 1.29 is 0 Å². The van der Waals surface area contributed by atoms with E-state index in [4.69, 9.17) is 0 Å². The van der Waals surface area contributed by atoms with Gasteiger partial charge in [-0.2, -0.15) is 0 Å². The zero-order valence-electron chi connectivity index (χ0n) is 8.58. The fraction of sp³-hybridized carbons (Fsp3) is 1.00. The second-order valence-corrected chi connectivity index (χ2v) is 7.17. The highest BCUT2D eigenvalue weighted by Crippen LogP contribution is 2.52. The first kappa shape index (κ1) is 13.0. The van der Waals surface area contributed by atoms with Crippen molar-refractivity contribution in [3.05, 3.63) is 0 Å². The van der Waals surface area contributed by atoms with Crippen LogP contribution < -0.4 is 0 Å². The molecule has 0 radical (unpaired) electrons. The van der Waals surface area contributed by atoms with Crippen LogP contribution in [0.25, 0.3) is 0 Å². The molecule has 0 nitrogen and oxygen atoms in total. The van der Waals surface area contributed by atoms with Gasteiger partial charge in [0.15, 0.2) is 0 Å². The Labute approximate surface area is 93.8 Å². The first-order valence-corrected chi connectivity index (χ1v) is 6.46. The summed E-state index contributed by atoms with van der Waals surface area (Å²) in [4.78, 5) is 0. The number of rotatable bonds is 5. The van der Waals surface area contributed by atoms with Gasteiger partial charge in [0.25, 0.3) is 0 Å². The lowest BCUT2D eigenvalue weighted by Gasteiger charge is -2.42. The lowest BCUT2D eigenvalue weighted by molar-refractivity contribution is 0.226. The largest absolute Gasteiger partial charge is 0.0858 e. The average Bonchev–Trinajstić information content (AvgIpc) is 2.08. The zero-order chi connectivity index (χ0) is 9.83. The van der Waals surface area contributed by atoms with E-state index in [-0.39, 0.29) is 3.23 Å². The number of hydrogen-bond acceptors (Lipinski definition) is 0. The maximum atomic E-state index is 3.80. The monoisotopic (exact) mass is 298 g/mol. The maximum absolute atomic E-state index is 3.80. The molecule has 0 atom stereocenters. The lowest BCUT2D eigenvalue weighted by atomic mass is 9.76. The summed E-state index contributed by atoms with van der Waals surface area (Å²) in [6.45, 7) is 9.05. The van der Waals surface area contributed by atoms with Crippen molar-refractivity contribution >= 4 is 31.9 Å². The molecule has 0 aliphatic carbocycles. The van der Waals surface area contributed by atoms with E-state index in [1.807, 2.05) is 0 Å². The van der Waals surface area contributed by atoms with Gasteiger partial charge in [0.1, 0.15) is 0 Å². The molecule has 0 aromatic carbocycles. The molecular formula is C10H20Br2. The standard InChI is InChI=1S/C10H20Br2/c1-5-9(6-2,7-3)10(11,12)8-4/h5-8H2,1-4H3. The van der Waals surface area contributed by atoms with Gasteiger partial charge in [0.2, 0.25) is 0 Å². The predicted molar refractivity (Wildman–Crippen MR) is 64.2 cm³/mol. The second kappa shape index (κ2) is 4.99. The van der Waals surface area contributed by atoms with Crippen molar-refractivity contribution in [2.75, 3.05) is 0 Å². The highest BCUT2D eigenvalue weighted by molar-refractivity contribution is 9.25. The summed E-state index contributed by atoms with van der Waals surface area (Å²) >= 11 is 7.60. The average molecular weight is 300 g/mol. The van der Waals surface area contributed by atoms with E-state index >= 15 is 0 Å². The van der Waals surface area contributed by atoms with Crippen LogP contribution in [0.2, 0.25) is 0 Å². The summed E-state index contributed by atoms with van der Waals surface area (Å²) in [6.07, 6.45) is 4.81. The highest BCUT2D eigenvalue weighted by atomic mass is 79.9. The quantitative estimate of drug-likeness (QED) is 0.620. The Kier molecular flexibility index (Phi) is 5.39. The number of alkyl halides is 2. The van der Waals surface area contributed by atoms with Crippen molar-refractivity contribution in [3.8, 4) is 0 Å². The van der Waals surface area contributed by atoms with Crippen LogP contribution in [-0.2, 0) is 0 Å². The van der Waals surface area contributed by atoms with Crippen LogP contribution in [0.3, 0.4) is 0 Å². The molecule has 12 heavy (non-hydrogen) atoms. The van der Waals surface area contributed by atoms with Gasteiger partial charge in [-0.1, -0.05) is 59.6 Å². The van der Waals surface area contributed by atoms with Gasteiger partial charge in [-0.15, -0.1) is 0 Å². The smallest absolute Gasteiger partial charge is 0.0721 e. The van der Waals surface area contributed by atoms with Crippen molar-refractivity contribution in [3.63, 3.8) is 0 Å². The molecule has 0 saturated carbocycles. The molecule has 0 aromatic rings. The Morgan fingerprint density at radius 3 is 1.17 bits per heavy atom. The molecule has 0 aliphatic heterocycles. The SMILES string of the molecule is CCC(Br)(Br)C(CC)(CC)CC. The van der Waals surface area contributed by atoms with Crippen LogP contribution in [0.15, 0.2) is 0 Å². The van der Waals surface area contributed by atoms with Crippen LogP contribution in [0.1, 0.15) is 53.4 Å². The van der Waals surface area contributed by atoms with E-state index in [1.165, 1.54) is 19.3 Å². The fourth-order valence-corrected chi connectivity index (χ4v) is 3.58. The van der Waals surface area contributed by atoms with Gasteiger partial charge in [0.05, 0.1) is 3.23 Å². The molecule has 74 valence electrons. The molecule has 0 fully saturated rings. The first-order chi connectivity index (χ1) is 5.49. The van der Waals surface area contributed by atoms with Crippen molar-refractivity contribution in [1.82, 2.24) is 0 Å². The molecule has 0 aromatic heterocycles. The van der Waals surface area contributed by atoms with Crippen molar-refractivity contribution in [2.24, 2.45) is 5.41 Å². The van der Waals surface area contributed by atoms with Gasteiger partial charge in [-0.05, 0) is 31.1 Å². The molecule has 0 unspecified atom stereocenters. The summed E-state index contributed by atoms with van der Waals surface area (Å²) in [5.41, 5.74) is 0.405. The van der Waals surface area contributed by atoms with Gasteiger partial charge >= 0.3 is 0 Å². The predicted octanol–water partition coefficient (Wildman–Crippen LogP) is 5.10. The van der Waals surface area contributed by atoms with Crippen LogP contribution in [-0.4, -0.2) is 3.23 Å². The topological polar surface area (TPSA) is 0 Å². The van der Waals surface area contributed by atoms with Gasteiger partial charge in [-0.3, -0.25) is 0 Å². The molecule has 0 saturated heterocycles. The molecular weight excluding hydrogens is 280 g/mol. The second-order valence-electron chi connectivity index (χ2n) is 3.40. The minimum atomic E-state index is 0.130. The third-order valence-corrected chi connectivity index (χ3v) is 6.05. The first-order valence-electron chi connectivity index (χ1n) is 4.87. The molecule has 0 aliphatic rings. The van der Waals surface area contributed by atoms with E-state index < -0.39 is 0 Å². The molecule has 0 rings (SSSR count). The summed E-state index contributed by atoms with van der Waals surface area (Å²) in [7, 11) is 0. The molecule has 0 N–H and O–H groups in total. The van der Waals surface area contributed by atoms with E-state index in [0.29, 0.717) is 5.41 Å². The van der Waals surface area contributed by atoms with E-state index in [1.54, 1.807) is 0 Å². The van der Waals surface area contributed by atoms with Gasteiger partial charge < -0.3 is 0 Å². The fourth-order valence-electron chi connectivity index (χ4n) is 1.90. The van der Waals surface area contributed by atoms with Gasteiger partial charge in [-0.25, -0.2) is 0 Å². The van der Waals surface area contributed by atoms with Gasteiger partial charge in [0, 0.05) is 0 Å². The van der Waals surface area contributed by atoms with E-state index in [2.05, 4.69) is 59.6 Å². The molecule has 0 heterocycles. The Balaban J connectivity index is 4.69. The van der Waals surface area contributed by atoms with Crippen LogP contribution in [0.4, 0.5) is 0 Å². The van der Waals surface area contributed by atoms with E-state index in [0.717, 1.165) is 6.42 Å². The Hall–Kier alpha value is 0.960. The minimum absolute atomic E-state index is 0.130. The Bertz CT molecular complexity index is 118. The Morgan fingerprint density at radius 2 is 1.08 bits per heavy atom. The molecule has 0 bridgehead atoms. The normalized spacial score (nSPS) is 13.5. The third-order valence-electron chi connectivity index (χ3n) is 3.25. The maximum Gasteiger partial charge on any atom is 0.0858 e.